The van der Waals surface area contributed by atoms with Crippen molar-refractivity contribution in [3.05, 3.63) is 57.5 Å². The second kappa shape index (κ2) is 5.53. The topological polar surface area (TPSA) is 26.0 Å². The van der Waals surface area contributed by atoms with Gasteiger partial charge in [0.15, 0.2) is 11.6 Å². The van der Waals surface area contributed by atoms with Crippen LogP contribution in [0.3, 0.4) is 0 Å². The molecule has 0 spiro atoms. The van der Waals surface area contributed by atoms with Gasteiger partial charge < -0.3 is 5.73 Å². The van der Waals surface area contributed by atoms with Gasteiger partial charge in [-0.05, 0) is 28.5 Å². The maximum Gasteiger partial charge on any atom is 0.164 e. The minimum absolute atomic E-state index is 0. The zero-order valence-electron chi connectivity index (χ0n) is 8.49. The molecule has 2 N–H and O–H groups in total. The van der Waals surface area contributed by atoms with E-state index >= 15 is 0 Å². The second-order valence-electron chi connectivity index (χ2n) is 3.33. The summed E-state index contributed by atoms with van der Waals surface area (Å²) >= 11 is 1.39. The zero-order chi connectivity index (χ0) is 11.7. The van der Waals surface area contributed by atoms with E-state index in [0.29, 0.717) is 11.6 Å². The Morgan fingerprint density at radius 3 is 2.47 bits per heavy atom. The molecule has 1 aromatic heterocycles. The highest BCUT2D eigenvalue weighted by Crippen LogP contribution is 2.26. The molecule has 92 valence electrons. The molecule has 0 aliphatic heterocycles. The Kier molecular flexibility index (Phi) is 4.56. The summed E-state index contributed by atoms with van der Waals surface area (Å²) in [5, 5.41) is 3.48. The first kappa shape index (κ1) is 14.0. The third-order valence-electron chi connectivity index (χ3n) is 2.26. The van der Waals surface area contributed by atoms with Gasteiger partial charge in [-0.25, -0.2) is 13.2 Å². The Bertz CT molecular complexity index is 502. The molecule has 0 bridgehead atoms. The Morgan fingerprint density at radius 2 is 1.88 bits per heavy atom. The molecule has 0 saturated carbocycles. The van der Waals surface area contributed by atoms with Crippen LogP contribution in [0.5, 0.6) is 0 Å². The van der Waals surface area contributed by atoms with Crippen molar-refractivity contribution < 1.29 is 13.2 Å². The van der Waals surface area contributed by atoms with Crippen LogP contribution in [0.4, 0.5) is 13.2 Å². The summed E-state index contributed by atoms with van der Waals surface area (Å²) in [4.78, 5) is 0. The molecule has 17 heavy (non-hydrogen) atoms. The van der Waals surface area contributed by atoms with Crippen molar-refractivity contribution in [3.63, 3.8) is 0 Å². The lowest BCUT2D eigenvalue weighted by Gasteiger charge is -2.12. The second-order valence-corrected chi connectivity index (χ2v) is 4.11. The van der Waals surface area contributed by atoms with Crippen molar-refractivity contribution in [1.82, 2.24) is 0 Å². The lowest BCUT2D eigenvalue weighted by molar-refractivity contribution is 0.480. The molecule has 1 atom stereocenters. The first-order valence-corrected chi connectivity index (χ1v) is 5.46. The monoisotopic (exact) mass is 279 g/mol. The van der Waals surface area contributed by atoms with Gasteiger partial charge in [-0.2, -0.15) is 11.3 Å². The molecule has 1 aromatic carbocycles. The van der Waals surface area contributed by atoms with E-state index in [2.05, 4.69) is 0 Å². The van der Waals surface area contributed by atoms with Crippen LogP contribution in [0.2, 0.25) is 0 Å². The Balaban J connectivity index is 0.00000144. The highest BCUT2D eigenvalue weighted by Gasteiger charge is 2.18. The summed E-state index contributed by atoms with van der Waals surface area (Å²) in [6.07, 6.45) is 0. The van der Waals surface area contributed by atoms with Gasteiger partial charge in [0.05, 0.1) is 6.04 Å². The smallest absolute Gasteiger partial charge is 0.164 e. The summed E-state index contributed by atoms with van der Waals surface area (Å²) in [6.45, 7) is 0. The molecule has 1 heterocycles. The molecule has 0 saturated heterocycles. The molecule has 0 fully saturated rings. The van der Waals surface area contributed by atoms with E-state index in [4.69, 9.17) is 5.73 Å². The van der Waals surface area contributed by atoms with Gasteiger partial charge in [0.2, 0.25) is 0 Å². The lowest BCUT2D eigenvalue weighted by Crippen LogP contribution is -2.14. The number of halogens is 4. The quantitative estimate of drug-likeness (QED) is 0.835. The molecule has 6 heteroatoms. The first-order chi connectivity index (χ1) is 7.59. The van der Waals surface area contributed by atoms with Gasteiger partial charge in [0.25, 0.3) is 0 Å². The summed E-state index contributed by atoms with van der Waals surface area (Å²) in [5.41, 5.74) is 6.20. The van der Waals surface area contributed by atoms with E-state index in [1.54, 1.807) is 16.8 Å². The fourth-order valence-corrected chi connectivity index (χ4v) is 2.13. The minimum atomic E-state index is -1.22. The minimum Gasteiger partial charge on any atom is -0.320 e. The largest absolute Gasteiger partial charge is 0.320 e. The van der Waals surface area contributed by atoms with Crippen LogP contribution in [0.15, 0.2) is 29.0 Å². The molecule has 0 unspecified atom stereocenters. The summed E-state index contributed by atoms with van der Waals surface area (Å²) < 4.78 is 39.3. The van der Waals surface area contributed by atoms with Crippen LogP contribution in [0.1, 0.15) is 17.2 Å². The molecule has 0 aliphatic carbocycles. The average molecular weight is 280 g/mol. The maximum atomic E-state index is 13.4. The van der Waals surface area contributed by atoms with Crippen molar-refractivity contribution >= 4 is 23.7 Å². The predicted octanol–water partition coefficient (Wildman–Crippen LogP) is 3.64. The average Bonchev–Trinajstić information content (AvgIpc) is 2.75. The summed E-state index contributed by atoms with van der Waals surface area (Å²) in [6, 6.07) is 2.26. The van der Waals surface area contributed by atoms with Crippen LogP contribution in [0, 0.1) is 17.5 Å². The molecule has 2 aromatic rings. The van der Waals surface area contributed by atoms with Gasteiger partial charge in [-0.3, -0.25) is 0 Å². The fraction of sp³-hybridized carbons (Fsp3) is 0.0909. The van der Waals surface area contributed by atoms with Crippen molar-refractivity contribution in [3.8, 4) is 0 Å². The number of benzene rings is 1. The van der Waals surface area contributed by atoms with Crippen molar-refractivity contribution in [2.45, 2.75) is 6.04 Å². The predicted molar refractivity (Wildman–Crippen MR) is 63.9 cm³/mol. The van der Waals surface area contributed by atoms with Crippen LogP contribution >= 0.6 is 23.7 Å². The van der Waals surface area contributed by atoms with E-state index in [9.17, 15) is 13.2 Å². The maximum absolute atomic E-state index is 13.4. The van der Waals surface area contributed by atoms with Crippen LogP contribution in [-0.2, 0) is 0 Å². The summed E-state index contributed by atoms with van der Waals surface area (Å²) in [5.74, 6) is -3.15. The summed E-state index contributed by atoms with van der Waals surface area (Å²) in [7, 11) is 0. The van der Waals surface area contributed by atoms with Crippen molar-refractivity contribution in [1.29, 1.82) is 0 Å². The van der Waals surface area contributed by atoms with E-state index in [-0.39, 0.29) is 18.0 Å². The van der Waals surface area contributed by atoms with Gasteiger partial charge in [0.1, 0.15) is 5.82 Å². The SMILES string of the molecule is Cl.N[C@H](c1ccsc1)c1cc(F)cc(F)c1F. The van der Waals surface area contributed by atoms with Crippen LogP contribution in [-0.4, -0.2) is 0 Å². The fourth-order valence-electron chi connectivity index (χ4n) is 1.43. The lowest BCUT2D eigenvalue weighted by atomic mass is 10.0. The molecular formula is C11H9ClF3NS. The Hall–Kier alpha value is -1.04. The molecular weight excluding hydrogens is 271 g/mol. The Morgan fingerprint density at radius 1 is 1.18 bits per heavy atom. The molecule has 1 nitrogen and oxygen atoms in total. The Labute approximate surface area is 106 Å². The van der Waals surface area contributed by atoms with Gasteiger partial charge in [0, 0.05) is 11.6 Å². The van der Waals surface area contributed by atoms with E-state index in [1.807, 2.05) is 0 Å². The number of rotatable bonds is 2. The van der Waals surface area contributed by atoms with Gasteiger partial charge in [-0.15, -0.1) is 12.4 Å². The molecule has 2 rings (SSSR count). The highest BCUT2D eigenvalue weighted by atomic mass is 35.5. The van der Waals surface area contributed by atoms with E-state index in [1.165, 1.54) is 11.3 Å². The number of hydrogen-bond donors (Lipinski definition) is 1. The first-order valence-electron chi connectivity index (χ1n) is 4.51. The molecule has 0 amide bonds. The van der Waals surface area contributed by atoms with E-state index < -0.39 is 23.5 Å². The number of thiophene rings is 1. The highest BCUT2D eigenvalue weighted by molar-refractivity contribution is 7.08. The van der Waals surface area contributed by atoms with Crippen LogP contribution < -0.4 is 5.73 Å². The third kappa shape index (κ3) is 2.80. The normalized spacial score (nSPS) is 12.0. The molecule has 0 aliphatic rings. The van der Waals surface area contributed by atoms with Crippen molar-refractivity contribution in [2.24, 2.45) is 5.73 Å². The van der Waals surface area contributed by atoms with Gasteiger partial charge >= 0.3 is 0 Å². The number of nitrogens with two attached hydrogens (primary N) is 1. The molecule has 0 radical (unpaired) electrons. The zero-order valence-corrected chi connectivity index (χ0v) is 10.1. The van der Waals surface area contributed by atoms with Crippen LogP contribution in [0.25, 0.3) is 0 Å². The van der Waals surface area contributed by atoms with E-state index in [0.717, 1.165) is 6.07 Å². The van der Waals surface area contributed by atoms with Crippen molar-refractivity contribution in [2.75, 3.05) is 0 Å². The standard InChI is InChI=1S/C11H8F3NS.ClH/c12-7-3-8(10(14)9(13)4-7)11(15)6-1-2-16-5-6;/h1-5,11H,15H2;1H/t11-;/m1./s1. The number of hydrogen-bond acceptors (Lipinski definition) is 2. The third-order valence-corrected chi connectivity index (χ3v) is 2.96. The van der Waals surface area contributed by atoms with Gasteiger partial charge in [-0.1, -0.05) is 0 Å².